The van der Waals surface area contributed by atoms with E-state index in [0.717, 1.165) is 4.88 Å². The highest BCUT2D eigenvalue weighted by Crippen LogP contribution is 2.31. The first-order valence-corrected chi connectivity index (χ1v) is 7.13. The van der Waals surface area contributed by atoms with Crippen LogP contribution < -0.4 is 0 Å². The van der Waals surface area contributed by atoms with Gasteiger partial charge < -0.3 is 0 Å². The highest BCUT2D eigenvalue weighted by atomic mass is 35.5. The fourth-order valence-corrected chi connectivity index (χ4v) is 2.99. The molecular formula is C14H7Cl2NOS. The molecule has 3 aromatic rings. The molecule has 0 atom stereocenters. The number of fused-ring (bicyclic) bond motifs is 1. The van der Waals surface area contributed by atoms with E-state index < -0.39 is 5.24 Å². The van der Waals surface area contributed by atoms with Gasteiger partial charge in [0.2, 0.25) is 0 Å². The second kappa shape index (κ2) is 4.93. The molecule has 2 nitrogen and oxygen atoms in total. The number of rotatable bonds is 2. The molecule has 0 unspecified atom stereocenters. The number of thiophene rings is 1. The minimum atomic E-state index is -0.507. The summed E-state index contributed by atoms with van der Waals surface area (Å²) < 4.78 is 0. The molecule has 0 fully saturated rings. The van der Waals surface area contributed by atoms with E-state index in [4.69, 9.17) is 23.2 Å². The molecule has 0 saturated carbocycles. The van der Waals surface area contributed by atoms with E-state index in [1.807, 2.05) is 17.5 Å². The first kappa shape index (κ1) is 12.6. The largest absolute Gasteiger partial charge is 0.276 e. The van der Waals surface area contributed by atoms with Gasteiger partial charge in [0.05, 0.1) is 21.1 Å². The van der Waals surface area contributed by atoms with Crippen molar-refractivity contribution in [2.75, 3.05) is 0 Å². The summed E-state index contributed by atoms with van der Waals surface area (Å²) in [6, 6.07) is 10.9. The number of halogens is 2. The average molecular weight is 308 g/mol. The van der Waals surface area contributed by atoms with E-state index in [0.29, 0.717) is 27.2 Å². The van der Waals surface area contributed by atoms with Crippen molar-refractivity contribution in [1.29, 1.82) is 0 Å². The Labute approximate surface area is 123 Å². The Morgan fingerprint density at radius 1 is 1.21 bits per heavy atom. The molecule has 1 aromatic carbocycles. The molecular weight excluding hydrogens is 301 g/mol. The Morgan fingerprint density at radius 3 is 2.74 bits per heavy atom. The standard InChI is InChI=1S/C14H7Cl2NOS/c15-10-4-1-3-8-9(14(16)18)7-11(17-13(8)10)12-5-2-6-19-12/h1-7H. The molecule has 0 saturated heterocycles. The van der Waals surface area contributed by atoms with Gasteiger partial charge in [0, 0.05) is 10.9 Å². The summed E-state index contributed by atoms with van der Waals surface area (Å²) in [6.07, 6.45) is 0. The van der Waals surface area contributed by atoms with Crippen LogP contribution in [0.1, 0.15) is 10.4 Å². The smallest absolute Gasteiger partial charge is 0.253 e. The molecule has 2 heterocycles. The number of pyridine rings is 1. The molecule has 94 valence electrons. The Kier molecular flexibility index (Phi) is 3.27. The fourth-order valence-electron chi connectivity index (χ4n) is 1.93. The molecule has 5 heteroatoms. The minimum absolute atomic E-state index is 0.428. The number of carbonyl (C=O) groups excluding carboxylic acids is 1. The number of hydrogen-bond donors (Lipinski definition) is 0. The average Bonchev–Trinajstić information content (AvgIpc) is 2.92. The van der Waals surface area contributed by atoms with Crippen LogP contribution in [0.2, 0.25) is 5.02 Å². The lowest BCUT2D eigenvalue weighted by molar-refractivity contribution is 0.108. The van der Waals surface area contributed by atoms with Crippen LogP contribution in [-0.2, 0) is 0 Å². The van der Waals surface area contributed by atoms with Crippen LogP contribution in [-0.4, -0.2) is 10.2 Å². The normalized spacial score (nSPS) is 10.8. The van der Waals surface area contributed by atoms with E-state index >= 15 is 0 Å². The Morgan fingerprint density at radius 2 is 2.05 bits per heavy atom. The number of nitrogens with zero attached hydrogens (tertiary/aromatic N) is 1. The van der Waals surface area contributed by atoms with Gasteiger partial charge in [-0.15, -0.1) is 11.3 Å². The third kappa shape index (κ3) is 2.25. The van der Waals surface area contributed by atoms with E-state index in [1.54, 1.807) is 35.6 Å². The number of hydrogen-bond acceptors (Lipinski definition) is 3. The van der Waals surface area contributed by atoms with E-state index in [-0.39, 0.29) is 0 Å². The van der Waals surface area contributed by atoms with E-state index in [2.05, 4.69) is 4.98 Å². The van der Waals surface area contributed by atoms with Crippen LogP contribution in [0, 0.1) is 0 Å². The molecule has 0 spiro atoms. The maximum atomic E-state index is 11.6. The molecule has 0 N–H and O–H groups in total. The second-order valence-corrected chi connectivity index (χ2v) is 5.64. The van der Waals surface area contributed by atoms with Gasteiger partial charge in [-0.25, -0.2) is 4.98 Å². The molecule has 0 aliphatic carbocycles. The molecule has 0 bridgehead atoms. The third-order valence-electron chi connectivity index (χ3n) is 2.78. The monoisotopic (exact) mass is 307 g/mol. The number of para-hydroxylation sites is 1. The van der Waals surface area contributed by atoms with Crippen LogP contribution in [0.4, 0.5) is 0 Å². The quantitative estimate of drug-likeness (QED) is 0.624. The molecule has 0 radical (unpaired) electrons. The highest BCUT2D eigenvalue weighted by molar-refractivity contribution is 7.13. The van der Waals surface area contributed by atoms with Crippen molar-refractivity contribution >= 4 is 50.7 Å². The molecule has 0 amide bonds. The van der Waals surface area contributed by atoms with Crippen LogP contribution in [0.5, 0.6) is 0 Å². The lowest BCUT2D eigenvalue weighted by Crippen LogP contribution is -1.95. The topological polar surface area (TPSA) is 30.0 Å². The number of aromatic nitrogens is 1. The van der Waals surface area contributed by atoms with E-state index in [9.17, 15) is 4.79 Å². The molecule has 3 rings (SSSR count). The highest BCUT2D eigenvalue weighted by Gasteiger charge is 2.14. The zero-order chi connectivity index (χ0) is 13.4. The minimum Gasteiger partial charge on any atom is -0.276 e. The molecule has 0 aliphatic rings. The zero-order valence-corrected chi connectivity index (χ0v) is 11.9. The Bertz CT molecular complexity index is 768. The van der Waals surface area contributed by atoms with Crippen molar-refractivity contribution in [3.63, 3.8) is 0 Å². The maximum Gasteiger partial charge on any atom is 0.253 e. The lowest BCUT2D eigenvalue weighted by Gasteiger charge is -2.06. The second-order valence-electron chi connectivity index (χ2n) is 3.94. The van der Waals surface area contributed by atoms with Gasteiger partial charge in [0.15, 0.2) is 0 Å². The predicted octanol–water partition coefficient (Wildman–Crippen LogP) is 5.00. The van der Waals surface area contributed by atoms with Crippen molar-refractivity contribution in [3.05, 3.63) is 52.4 Å². The van der Waals surface area contributed by atoms with Crippen LogP contribution >= 0.6 is 34.5 Å². The van der Waals surface area contributed by atoms with Crippen molar-refractivity contribution in [1.82, 2.24) is 4.98 Å². The third-order valence-corrected chi connectivity index (χ3v) is 4.18. The first-order chi connectivity index (χ1) is 9.16. The summed E-state index contributed by atoms with van der Waals surface area (Å²) in [5.41, 5.74) is 1.73. The van der Waals surface area contributed by atoms with Crippen molar-refractivity contribution in [3.8, 4) is 10.6 Å². The molecule has 0 aliphatic heterocycles. The summed E-state index contributed by atoms with van der Waals surface area (Å²) in [4.78, 5) is 17.1. The Hall–Kier alpha value is -1.42. The number of carbonyl (C=O) groups is 1. The van der Waals surface area contributed by atoms with Crippen LogP contribution in [0.15, 0.2) is 41.8 Å². The summed E-state index contributed by atoms with van der Waals surface area (Å²) in [6.45, 7) is 0. The van der Waals surface area contributed by atoms with Gasteiger partial charge in [-0.3, -0.25) is 4.79 Å². The van der Waals surface area contributed by atoms with Gasteiger partial charge in [-0.05, 0) is 35.2 Å². The van der Waals surface area contributed by atoms with Crippen molar-refractivity contribution < 1.29 is 4.79 Å². The van der Waals surface area contributed by atoms with Gasteiger partial charge in [0.1, 0.15) is 0 Å². The summed E-state index contributed by atoms with van der Waals surface area (Å²) in [7, 11) is 0. The van der Waals surface area contributed by atoms with Crippen molar-refractivity contribution in [2.24, 2.45) is 0 Å². The predicted molar refractivity (Wildman–Crippen MR) is 80.2 cm³/mol. The summed E-state index contributed by atoms with van der Waals surface area (Å²) >= 11 is 13.4. The van der Waals surface area contributed by atoms with Gasteiger partial charge in [-0.1, -0.05) is 29.8 Å². The SMILES string of the molecule is O=C(Cl)c1cc(-c2cccs2)nc2c(Cl)cccc12. The van der Waals surface area contributed by atoms with Gasteiger partial charge >= 0.3 is 0 Å². The lowest BCUT2D eigenvalue weighted by atomic mass is 10.1. The summed E-state index contributed by atoms with van der Waals surface area (Å²) in [5, 5.41) is 2.63. The summed E-state index contributed by atoms with van der Waals surface area (Å²) in [5.74, 6) is 0. The maximum absolute atomic E-state index is 11.6. The number of benzene rings is 1. The van der Waals surface area contributed by atoms with Crippen molar-refractivity contribution in [2.45, 2.75) is 0 Å². The van der Waals surface area contributed by atoms with Crippen LogP contribution in [0.25, 0.3) is 21.5 Å². The zero-order valence-electron chi connectivity index (χ0n) is 9.56. The molecule has 2 aromatic heterocycles. The Balaban J connectivity index is 2.38. The van der Waals surface area contributed by atoms with Crippen LogP contribution in [0.3, 0.4) is 0 Å². The molecule has 19 heavy (non-hydrogen) atoms. The van der Waals surface area contributed by atoms with Gasteiger partial charge in [-0.2, -0.15) is 0 Å². The first-order valence-electron chi connectivity index (χ1n) is 5.50. The van der Waals surface area contributed by atoms with E-state index in [1.165, 1.54) is 0 Å². The fraction of sp³-hybridized carbons (Fsp3) is 0. The van der Waals surface area contributed by atoms with Gasteiger partial charge in [0.25, 0.3) is 5.24 Å².